The fraction of sp³-hybridized carbons (Fsp3) is 0.909. The number of nitrogens with zero attached hydrogens (tertiary/aromatic N) is 1. The molecular formula is C11H18F3N3O. The highest BCUT2D eigenvalue weighted by atomic mass is 19.4. The quantitative estimate of drug-likeness (QED) is 0.598. The average molecular weight is 265 g/mol. The highest BCUT2D eigenvalue weighted by molar-refractivity contribution is 5.80. The number of morpholine rings is 1. The van der Waals surface area contributed by atoms with Crippen LogP contribution < -0.4 is 5.73 Å². The number of amidine groups is 1. The van der Waals surface area contributed by atoms with Crippen molar-refractivity contribution in [2.75, 3.05) is 19.7 Å². The zero-order valence-electron chi connectivity index (χ0n) is 10.0. The van der Waals surface area contributed by atoms with E-state index in [0.29, 0.717) is 13.2 Å². The second-order valence-corrected chi connectivity index (χ2v) is 4.95. The van der Waals surface area contributed by atoms with Gasteiger partial charge in [0.2, 0.25) is 0 Å². The molecular weight excluding hydrogens is 247 g/mol. The van der Waals surface area contributed by atoms with E-state index in [1.807, 2.05) is 0 Å². The van der Waals surface area contributed by atoms with Gasteiger partial charge in [0, 0.05) is 19.1 Å². The zero-order chi connectivity index (χ0) is 13.3. The van der Waals surface area contributed by atoms with Gasteiger partial charge in [-0.3, -0.25) is 10.3 Å². The molecule has 3 N–H and O–H groups in total. The predicted octanol–water partition coefficient (Wildman–Crippen LogP) is 1.35. The topological polar surface area (TPSA) is 62.3 Å². The molecule has 1 heterocycles. The Labute approximate surface area is 104 Å². The van der Waals surface area contributed by atoms with Gasteiger partial charge in [-0.25, -0.2) is 0 Å². The standard InChI is InChI=1S/C11H18F3N3O/c12-11(13,14)7(10(15)16)6-17-4-5-18-9-3-1-2-8(9)17/h7-9H,1-6H2,(H3,15,16). The van der Waals surface area contributed by atoms with Gasteiger partial charge in [-0.2, -0.15) is 13.2 Å². The van der Waals surface area contributed by atoms with Gasteiger partial charge < -0.3 is 10.5 Å². The lowest BCUT2D eigenvalue weighted by Gasteiger charge is -2.39. The molecule has 1 aliphatic carbocycles. The number of nitrogens with two attached hydrogens (primary N) is 1. The molecule has 2 aliphatic rings. The number of rotatable bonds is 3. The molecule has 2 fully saturated rings. The molecule has 0 spiro atoms. The summed E-state index contributed by atoms with van der Waals surface area (Å²) in [7, 11) is 0. The van der Waals surface area contributed by atoms with Gasteiger partial charge in [0.15, 0.2) is 0 Å². The van der Waals surface area contributed by atoms with Crippen LogP contribution in [0.3, 0.4) is 0 Å². The maximum Gasteiger partial charge on any atom is 0.399 e. The molecule has 1 saturated heterocycles. The Morgan fingerprint density at radius 2 is 2.17 bits per heavy atom. The first-order valence-corrected chi connectivity index (χ1v) is 6.16. The Bertz CT molecular complexity index is 321. The summed E-state index contributed by atoms with van der Waals surface area (Å²) in [6.45, 7) is 0.730. The van der Waals surface area contributed by atoms with Crippen LogP contribution in [0, 0.1) is 11.3 Å². The van der Waals surface area contributed by atoms with Crippen LogP contribution in [0.25, 0.3) is 0 Å². The minimum atomic E-state index is -4.45. The van der Waals surface area contributed by atoms with Crippen LogP contribution in [0.15, 0.2) is 0 Å². The molecule has 7 heteroatoms. The van der Waals surface area contributed by atoms with Crippen LogP contribution in [0.4, 0.5) is 13.2 Å². The van der Waals surface area contributed by atoms with Crippen LogP contribution in [0.2, 0.25) is 0 Å². The van der Waals surface area contributed by atoms with Crippen molar-refractivity contribution in [3.8, 4) is 0 Å². The van der Waals surface area contributed by atoms with Crippen molar-refractivity contribution in [1.82, 2.24) is 4.90 Å². The van der Waals surface area contributed by atoms with Crippen molar-refractivity contribution in [3.63, 3.8) is 0 Å². The van der Waals surface area contributed by atoms with Crippen LogP contribution >= 0.6 is 0 Å². The van der Waals surface area contributed by atoms with Crippen molar-refractivity contribution in [1.29, 1.82) is 5.41 Å². The maximum atomic E-state index is 12.8. The molecule has 0 aromatic rings. The first kappa shape index (κ1) is 13.6. The largest absolute Gasteiger partial charge is 0.399 e. The van der Waals surface area contributed by atoms with Crippen molar-refractivity contribution < 1.29 is 17.9 Å². The Morgan fingerprint density at radius 3 is 2.78 bits per heavy atom. The molecule has 0 bridgehead atoms. The van der Waals surface area contributed by atoms with Gasteiger partial charge in [0.25, 0.3) is 0 Å². The number of ether oxygens (including phenoxy) is 1. The minimum absolute atomic E-state index is 0.0552. The Morgan fingerprint density at radius 1 is 1.44 bits per heavy atom. The summed E-state index contributed by atoms with van der Waals surface area (Å²) in [4.78, 5) is 1.79. The van der Waals surface area contributed by atoms with Gasteiger partial charge in [-0.15, -0.1) is 0 Å². The monoisotopic (exact) mass is 265 g/mol. The van der Waals surface area contributed by atoms with Gasteiger partial charge >= 0.3 is 6.18 Å². The summed E-state index contributed by atoms with van der Waals surface area (Å²) in [5, 5.41) is 7.11. The second kappa shape index (κ2) is 5.05. The van der Waals surface area contributed by atoms with Crippen LogP contribution in [-0.4, -0.2) is 48.8 Å². The molecule has 3 unspecified atom stereocenters. The summed E-state index contributed by atoms with van der Waals surface area (Å²) in [6, 6.07) is 0.0583. The number of alkyl halides is 3. The van der Waals surface area contributed by atoms with Gasteiger partial charge in [-0.05, 0) is 19.3 Å². The van der Waals surface area contributed by atoms with Gasteiger partial charge in [0.1, 0.15) is 11.8 Å². The van der Waals surface area contributed by atoms with Crippen molar-refractivity contribution in [2.24, 2.45) is 11.7 Å². The van der Waals surface area contributed by atoms with E-state index in [0.717, 1.165) is 19.3 Å². The third kappa shape index (κ3) is 2.77. The number of fused-ring (bicyclic) bond motifs is 1. The summed E-state index contributed by atoms with van der Waals surface area (Å²) >= 11 is 0. The number of halogens is 3. The summed E-state index contributed by atoms with van der Waals surface area (Å²) in [5.41, 5.74) is 5.08. The third-order valence-electron chi connectivity index (χ3n) is 3.78. The molecule has 3 atom stereocenters. The fourth-order valence-electron chi connectivity index (χ4n) is 2.85. The number of hydrogen-bond donors (Lipinski definition) is 2. The van der Waals surface area contributed by atoms with E-state index in [9.17, 15) is 13.2 Å². The normalized spacial score (nSPS) is 31.1. The summed E-state index contributed by atoms with van der Waals surface area (Å²) < 4.78 is 43.9. The van der Waals surface area contributed by atoms with Crippen LogP contribution in [-0.2, 0) is 4.74 Å². The smallest absolute Gasteiger partial charge is 0.387 e. The highest BCUT2D eigenvalue weighted by Gasteiger charge is 2.45. The molecule has 1 aliphatic heterocycles. The van der Waals surface area contributed by atoms with E-state index >= 15 is 0 Å². The molecule has 0 aromatic carbocycles. The highest BCUT2D eigenvalue weighted by Crippen LogP contribution is 2.33. The van der Waals surface area contributed by atoms with Crippen molar-refractivity contribution >= 4 is 5.84 Å². The molecule has 0 amide bonds. The predicted molar refractivity (Wildman–Crippen MR) is 60.4 cm³/mol. The van der Waals surface area contributed by atoms with Crippen molar-refractivity contribution in [3.05, 3.63) is 0 Å². The first-order valence-electron chi connectivity index (χ1n) is 6.16. The molecule has 18 heavy (non-hydrogen) atoms. The van der Waals surface area contributed by atoms with Crippen LogP contribution in [0.1, 0.15) is 19.3 Å². The molecule has 4 nitrogen and oxygen atoms in total. The fourth-order valence-corrected chi connectivity index (χ4v) is 2.85. The lowest BCUT2D eigenvalue weighted by atomic mass is 10.0. The Hall–Kier alpha value is -0.820. The maximum absolute atomic E-state index is 12.8. The molecule has 104 valence electrons. The van der Waals surface area contributed by atoms with E-state index in [-0.39, 0.29) is 18.7 Å². The van der Waals surface area contributed by atoms with E-state index in [1.54, 1.807) is 4.90 Å². The molecule has 2 rings (SSSR count). The SMILES string of the molecule is N=C(N)C(CN1CCOC2CCCC21)C(F)(F)F. The lowest BCUT2D eigenvalue weighted by Crippen LogP contribution is -2.53. The summed E-state index contributed by atoms with van der Waals surface area (Å²) in [6.07, 6.45) is -1.62. The zero-order valence-corrected chi connectivity index (χ0v) is 10.0. The third-order valence-corrected chi connectivity index (χ3v) is 3.78. The van der Waals surface area contributed by atoms with Crippen molar-refractivity contribution in [2.45, 2.75) is 37.6 Å². The first-order chi connectivity index (χ1) is 8.39. The number of nitrogens with one attached hydrogen (secondary N) is 1. The number of hydrogen-bond acceptors (Lipinski definition) is 3. The van der Waals surface area contributed by atoms with E-state index in [4.69, 9.17) is 15.9 Å². The van der Waals surface area contributed by atoms with Crippen LogP contribution in [0.5, 0.6) is 0 Å². The van der Waals surface area contributed by atoms with E-state index in [2.05, 4.69) is 0 Å². The van der Waals surface area contributed by atoms with E-state index < -0.39 is 17.9 Å². The molecule has 0 aromatic heterocycles. The molecule has 1 saturated carbocycles. The Balaban J connectivity index is 2.04. The minimum Gasteiger partial charge on any atom is -0.387 e. The second-order valence-electron chi connectivity index (χ2n) is 4.95. The lowest BCUT2D eigenvalue weighted by molar-refractivity contribution is -0.166. The van der Waals surface area contributed by atoms with E-state index in [1.165, 1.54) is 0 Å². The summed E-state index contributed by atoms with van der Waals surface area (Å²) in [5.74, 6) is -2.67. The Kier molecular flexibility index (Phi) is 3.82. The average Bonchev–Trinajstić information content (AvgIpc) is 2.72. The molecule has 0 radical (unpaired) electrons. The van der Waals surface area contributed by atoms with Gasteiger partial charge in [0.05, 0.1) is 12.7 Å². The van der Waals surface area contributed by atoms with Gasteiger partial charge in [-0.1, -0.05) is 0 Å².